The Morgan fingerprint density at radius 2 is 1.98 bits per heavy atom. The van der Waals surface area contributed by atoms with Crippen LogP contribution in [0.5, 0.6) is 11.5 Å². The standard InChI is InChI=1S/C30H41N3O7S2/c1-30(37)10-4-8-17-21-25(40-28(17)30)19-14-42-41-13-15(33-29(31)32)12-20(35)24-18(9-5-11-34)23(36)22(26(19)39-24)27(21)38-16-6-2-3-7-16/h15-17,20,28,34-35,37H,2-14H2,1H3,(H4,31,32,33)/t15-,17-,20-,28+,30-/m1/s1. The van der Waals surface area contributed by atoms with Crippen LogP contribution in [-0.4, -0.2) is 57.5 Å². The molecule has 2 bridgehead atoms. The van der Waals surface area contributed by atoms with Crippen molar-refractivity contribution in [2.24, 2.45) is 16.5 Å². The first-order valence-electron chi connectivity index (χ1n) is 15.1. The van der Waals surface area contributed by atoms with Gasteiger partial charge in [-0.2, -0.15) is 0 Å². The SMILES string of the molecule is C[C@@]1(O)CCC[C@@H]2c3c(c4c5oc(c(CCCO)c(=O)c5c3OC3CCCC3)[C@H](O)C[C@@H](N=C(N)N)CSSC4)O[C@@H]21. The fourth-order valence-corrected chi connectivity index (χ4v) is 9.46. The van der Waals surface area contributed by atoms with Gasteiger partial charge in [-0.15, -0.1) is 0 Å². The second-order valence-corrected chi connectivity index (χ2v) is 14.8. The Kier molecular flexibility index (Phi) is 8.63. The van der Waals surface area contributed by atoms with Gasteiger partial charge in [-0.05, 0) is 64.7 Å². The summed E-state index contributed by atoms with van der Waals surface area (Å²) in [6.07, 6.45) is 5.36. The summed E-state index contributed by atoms with van der Waals surface area (Å²) in [5.41, 5.74) is 12.4. The summed E-state index contributed by atoms with van der Waals surface area (Å²) in [5.74, 6) is 2.14. The number of nitrogens with zero attached hydrogens (tertiary/aromatic N) is 1. The van der Waals surface area contributed by atoms with E-state index in [0.717, 1.165) is 49.7 Å². The molecule has 0 saturated heterocycles. The van der Waals surface area contributed by atoms with Crippen LogP contribution in [0.4, 0.5) is 0 Å². The maximum Gasteiger partial charge on any atom is 0.200 e. The second kappa shape index (κ2) is 12.1. The zero-order valence-electron chi connectivity index (χ0n) is 24.0. The average molecular weight is 620 g/mol. The van der Waals surface area contributed by atoms with Crippen molar-refractivity contribution in [3.63, 3.8) is 0 Å². The zero-order chi connectivity index (χ0) is 29.6. The molecule has 4 aliphatic rings. The van der Waals surface area contributed by atoms with E-state index in [4.69, 9.17) is 25.4 Å². The first-order chi connectivity index (χ1) is 20.2. The van der Waals surface area contributed by atoms with Crippen LogP contribution in [-0.2, 0) is 12.2 Å². The van der Waals surface area contributed by atoms with Gasteiger partial charge in [0.1, 0.15) is 40.4 Å². The highest BCUT2D eigenvalue weighted by atomic mass is 33.1. The van der Waals surface area contributed by atoms with Crippen LogP contribution in [0.15, 0.2) is 14.2 Å². The third kappa shape index (κ3) is 5.49. The number of hydrogen-bond donors (Lipinski definition) is 5. The molecule has 0 amide bonds. The largest absolute Gasteiger partial charge is 0.489 e. The molecule has 2 fully saturated rings. The van der Waals surface area contributed by atoms with Crippen LogP contribution in [0.1, 0.15) is 99.2 Å². The third-order valence-electron chi connectivity index (χ3n) is 9.14. The van der Waals surface area contributed by atoms with Gasteiger partial charge in [-0.25, -0.2) is 4.99 Å². The number of rotatable bonds is 6. The average Bonchev–Trinajstić information content (AvgIpc) is 3.59. The topological polar surface area (TPSA) is 174 Å². The van der Waals surface area contributed by atoms with E-state index in [-0.39, 0.29) is 48.6 Å². The van der Waals surface area contributed by atoms with E-state index in [0.29, 0.717) is 52.4 Å². The maximum absolute atomic E-state index is 14.6. The summed E-state index contributed by atoms with van der Waals surface area (Å²) < 4.78 is 20.0. The Hall–Kier alpha value is -2.12. The lowest BCUT2D eigenvalue weighted by Gasteiger charge is -2.37. The first kappa shape index (κ1) is 29.9. The van der Waals surface area contributed by atoms with Crippen molar-refractivity contribution in [2.45, 2.75) is 113 Å². The highest BCUT2D eigenvalue weighted by Crippen LogP contribution is 2.57. The Morgan fingerprint density at radius 1 is 1.19 bits per heavy atom. The maximum atomic E-state index is 14.6. The summed E-state index contributed by atoms with van der Waals surface area (Å²) in [6.45, 7) is 1.72. The number of benzene rings is 1. The molecule has 0 spiro atoms. The Morgan fingerprint density at radius 3 is 2.71 bits per heavy atom. The number of guanidine groups is 1. The minimum absolute atomic E-state index is 0.0239. The van der Waals surface area contributed by atoms with Gasteiger partial charge in [0, 0.05) is 47.1 Å². The Balaban J connectivity index is 1.62. The normalized spacial score (nSPS) is 29.5. The lowest BCUT2D eigenvalue weighted by atomic mass is 9.74. The van der Waals surface area contributed by atoms with Crippen LogP contribution >= 0.6 is 21.6 Å². The van der Waals surface area contributed by atoms with E-state index in [1.807, 2.05) is 6.92 Å². The van der Waals surface area contributed by atoms with Crippen LogP contribution in [0, 0.1) is 0 Å². The van der Waals surface area contributed by atoms with Crippen molar-refractivity contribution in [2.75, 3.05) is 12.4 Å². The highest BCUT2D eigenvalue weighted by molar-refractivity contribution is 8.76. The fourth-order valence-electron chi connectivity index (χ4n) is 7.17. The quantitative estimate of drug-likeness (QED) is 0.181. The molecular formula is C30H41N3O7S2. The van der Waals surface area contributed by atoms with Crippen molar-refractivity contribution in [3.05, 3.63) is 32.7 Å². The van der Waals surface area contributed by atoms with Crippen molar-refractivity contribution < 1.29 is 29.2 Å². The predicted octanol–water partition coefficient (Wildman–Crippen LogP) is 3.78. The zero-order valence-corrected chi connectivity index (χ0v) is 25.6. The molecule has 1 aromatic carbocycles. The molecule has 2 aliphatic carbocycles. The van der Waals surface area contributed by atoms with Crippen molar-refractivity contribution in [1.29, 1.82) is 0 Å². The summed E-state index contributed by atoms with van der Waals surface area (Å²) in [6, 6.07) is -0.392. The number of ether oxygens (including phenoxy) is 2. The Bertz CT molecular complexity index is 1420. The number of nitrogens with two attached hydrogens (primary N) is 2. The molecule has 42 heavy (non-hydrogen) atoms. The number of aliphatic hydroxyl groups excluding tert-OH is 2. The van der Waals surface area contributed by atoms with Gasteiger partial charge in [0.2, 0.25) is 0 Å². The van der Waals surface area contributed by atoms with Gasteiger partial charge < -0.3 is 40.7 Å². The molecule has 12 heteroatoms. The molecular weight excluding hydrogens is 578 g/mol. The van der Waals surface area contributed by atoms with E-state index in [1.165, 1.54) is 0 Å². The summed E-state index contributed by atoms with van der Waals surface area (Å²) >= 11 is 0. The van der Waals surface area contributed by atoms with Crippen LogP contribution in [0.3, 0.4) is 0 Å². The molecule has 0 radical (unpaired) electrons. The van der Waals surface area contributed by atoms with E-state index in [9.17, 15) is 20.1 Å². The van der Waals surface area contributed by atoms with Gasteiger partial charge >= 0.3 is 0 Å². The Labute approximate surface area is 253 Å². The number of aliphatic hydroxyl groups is 3. The molecule has 3 heterocycles. The molecule has 5 atom stereocenters. The molecule has 0 unspecified atom stereocenters. The number of aliphatic imine (C=N–C) groups is 1. The third-order valence-corrected chi connectivity index (χ3v) is 11.5. The van der Waals surface area contributed by atoms with Crippen molar-refractivity contribution >= 4 is 38.5 Å². The van der Waals surface area contributed by atoms with Crippen molar-refractivity contribution in [1.82, 2.24) is 0 Å². The first-order valence-corrected chi connectivity index (χ1v) is 17.5. The lowest BCUT2D eigenvalue weighted by molar-refractivity contribution is -0.0727. The summed E-state index contributed by atoms with van der Waals surface area (Å²) in [4.78, 5) is 18.9. The van der Waals surface area contributed by atoms with Crippen molar-refractivity contribution in [3.8, 4) is 11.5 Å². The summed E-state index contributed by atoms with van der Waals surface area (Å²) in [7, 11) is 3.17. The van der Waals surface area contributed by atoms with Gasteiger partial charge in [-0.3, -0.25) is 4.79 Å². The summed E-state index contributed by atoms with van der Waals surface area (Å²) in [5, 5.41) is 32.9. The van der Waals surface area contributed by atoms with E-state index in [1.54, 1.807) is 21.6 Å². The fraction of sp³-hybridized carbons (Fsp3) is 0.667. The van der Waals surface area contributed by atoms with Crippen LogP contribution < -0.4 is 26.4 Å². The molecule has 10 nitrogen and oxygen atoms in total. The number of hydrogen-bond acceptors (Lipinski definition) is 10. The minimum atomic E-state index is -1.14. The van der Waals surface area contributed by atoms with Gasteiger partial charge in [-0.1, -0.05) is 21.6 Å². The molecule has 2 aromatic rings. The van der Waals surface area contributed by atoms with Crippen LogP contribution in [0.2, 0.25) is 0 Å². The molecule has 1 aromatic heterocycles. The minimum Gasteiger partial charge on any atom is -0.489 e. The molecule has 7 N–H and O–H groups in total. The van der Waals surface area contributed by atoms with E-state index >= 15 is 0 Å². The predicted molar refractivity (Wildman–Crippen MR) is 165 cm³/mol. The molecule has 230 valence electrons. The number of fused-ring (bicyclic) bond motifs is 5. The van der Waals surface area contributed by atoms with E-state index in [2.05, 4.69) is 4.99 Å². The van der Waals surface area contributed by atoms with Gasteiger partial charge in [0.25, 0.3) is 0 Å². The molecule has 2 aliphatic heterocycles. The second-order valence-electron chi connectivity index (χ2n) is 12.3. The van der Waals surface area contributed by atoms with Gasteiger partial charge in [0.15, 0.2) is 11.4 Å². The lowest BCUT2D eigenvalue weighted by Crippen LogP contribution is -2.47. The van der Waals surface area contributed by atoms with E-state index < -0.39 is 23.9 Å². The smallest absolute Gasteiger partial charge is 0.200 e. The van der Waals surface area contributed by atoms with Gasteiger partial charge in [0.05, 0.1) is 17.7 Å². The van der Waals surface area contributed by atoms with Crippen LogP contribution in [0.25, 0.3) is 11.0 Å². The highest BCUT2D eigenvalue weighted by Gasteiger charge is 2.51. The molecule has 2 saturated carbocycles. The monoisotopic (exact) mass is 619 g/mol. The molecule has 6 rings (SSSR count).